The lowest BCUT2D eigenvalue weighted by Gasteiger charge is -2.34. The van der Waals surface area contributed by atoms with E-state index in [1.165, 1.54) is 4.90 Å². The second kappa shape index (κ2) is 9.84. The first kappa shape index (κ1) is 24.7. The van der Waals surface area contributed by atoms with Crippen molar-refractivity contribution in [2.24, 2.45) is 0 Å². The Balaban J connectivity index is 1.54. The monoisotopic (exact) mass is 506 g/mol. The summed E-state index contributed by atoms with van der Waals surface area (Å²) in [5.41, 5.74) is 0.406. The second-order valence-corrected chi connectivity index (χ2v) is 9.77. The van der Waals surface area contributed by atoms with Gasteiger partial charge in [0.2, 0.25) is 5.91 Å². The van der Waals surface area contributed by atoms with Gasteiger partial charge in [0.15, 0.2) is 11.6 Å². The lowest BCUT2D eigenvalue weighted by molar-refractivity contribution is -0.155. The highest BCUT2D eigenvalue weighted by Gasteiger charge is 2.53. The van der Waals surface area contributed by atoms with Crippen LogP contribution in [-0.2, 0) is 9.59 Å². The van der Waals surface area contributed by atoms with Gasteiger partial charge in [-0.2, -0.15) is 0 Å². The van der Waals surface area contributed by atoms with Crippen molar-refractivity contribution in [2.45, 2.75) is 37.3 Å². The van der Waals surface area contributed by atoms with Crippen LogP contribution in [0.4, 0.5) is 14.5 Å². The molecule has 1 saturated heterocycles. The molecule has 0 saturated carbocycles. The minimum absolute atomic E-state index is 0.121. The Labute approximate surface area is 214 Å². The fourth-order valence-corrected chi connectivity index (χ4v) is 5.49. The quantitative estimate of drug-likeness (QED) is 0.537. The van der Waals surface area contributed by atoms with E-state index in [0.29, 0.717) is 25.3 Å². The number of benzene rings is 3. The molecule has 8 heteroatoms. The lowest BCUT2D eigenvalue weighted by Crippen LogP contribution is -2.52. The number of nitrogens with zero attached hydrogens (tertiary/aromatic N) is 2. The van der Waals surface area contributed by atoms with E-state index in [1.807, 2.05) is 65.6 Å². The molecule has 192 valence electrons. The topological polar surface area (TPSA) is 70.1 Å². The van der Waals surface area contributed by atoms with Crippen molar-refractivity contribution in [3.05, 3.63) is 95.6 Å². The number of rotatable bonds is 5. The zero-order valence-electron chi connectivity index (χ0n) is 20.4. The van der Waals surface area contributed by atoms with Gasteiger partial charge >= 0.3 is 5.97 Å². The minimum Gasteiger partial charge on any atom is -0.491 e. The molecule has 0 bridgehead atoms. The molecule has 2 heterocycles. The van der Waals surface area contributed by atoms with Crippen LogP contribution in [0.3, 0.4) is 0 Å². The molecule has 37 heavy (non-hydrogen) atoms. The van der Waals surface area contributed by atoms with E-state index in [4.69, 9.17) is 4.74 Å². The summed E-state index contributed by atoms with van der Waals surface area (Å²) in [6, 6.07) is 20.3. The maximum absolute atomic E-state index is 14.3. The first-order chi connectivity index (χ1) is 17.8. The fraction of sp³-hybridized carbons (Fsp3) is 0.310. The van der Waals surface area contributed by atoms with Crippen LogP contribution in [0.1, 0.15) is 36.8 Å². The summed E-state index contributed by atoms with van der Waals surface area (Å²) in [6.07, 6.45) is 0.714. The van der Waals surface area contributed by atoms with Crippen LogP contribution >= 0.6 is 0 Å². The van der Waals surface area contributed by atoms with Gasteiger partial charge in [-0.3, -0.25) is 4.79 Å². The van der Waals surface area contributed by atoms with Crippen molar-refractivity contribution in [3.8, 4) is 5.75 Å². The van der Waals surface area contributed by atoms with E-state index in [9.17, 15) is 23.5 Å². The number of amides is 1. The Morgan fingerprint density at radius 1 is 1.00 bits per heavy atom. The van der Waals surface area contributed by atoms with Crippen LogP contribution in [-0.4, -0.2) is 53.2 Å². The maximum atomic E-state index is 14.3. The van der Waals surface area contributed by atoms with E-state index in [2.05, 4.69) is 0 Å². The number of aliphatic carboxylic acids is 1. The van der Waals surface area contributed by atoms with Gasteiger partial charge in [-0.1, -0.05) is 60.7 Å². The van der Waals surface area contributed by atoms with Gasteiger partial charge in [0, 0.05) is 37.7 Å². The van der Waals surface area contributed by atoms with Gasteiger partial charge in [0.25, 0.3) is 0 Å². The summed E-state index contributed by atoms with van der Waals surface area (Å²) in [6.45, 7) is 2.46. The van der Waals surface area contributed by atoms with E-state index in [1.54, 1.807) is 6.92 Å². The third-order valence-electron chi connectivity index (χ3n) is 7.41. The Morgan fingerprint density at radius 3 is 2.19 bits per heavy atom. The standard InChI is InChI=1S/C29H28F2N2O4/c1-29(28(35)36)17-21(32-13-8-14-37-25-16-23(31)22(30)15-24(25)32)18-33(29)27(34)26(19-9-4-2-5-10-19)20-11-6-3-7-12-20/h2-7,9-12,15-16,21,26H,8,13-14,17-18H2,1H3,(H,35,36)/t21-,29-/m0/s1. The summed E-state index contributed by atoms with van der Waals surface area (Å²) >= 11 is 0. The fourth-order valence-electron chi connectivity index (χ4n) is 5.49. The van der Waals surface area contributed by atoms with Crippen molar-refractivity contribution >= 4 is 17.6 Å². The van der Waals surface area contributed by atoms with Crippen molar-refractivity contribution in [2.75, 3.05) is 24.6 Å². The Bertz CT molecular complexity index is 1260. The van der Waals surface area contributed by atoms with Crippen LogP contribution in [0, 0.1) is 11.6 Å². The van der Waals surface area contributed by atoms with Crippen LogP contribution in [0.25, 0.3) is 0 Å². The third-order valence-corrected chi connectivity index (χ3v) is 7.41. The minimum atomic E-state index is -1.49. The number of carboxylic acids is 1. The largest absolute Gasteiger partial charge is 0.491 e. The molecule has 5 rings (SSSR count). The average Bonchev–Trinajstić information content (AvgIpc) is 3.13. The Hall–Kier alpha value is -3.94. The Kier molecular flexibility index (Phi) is 6.58. The van der Waals surface area contributed by atoms with Crippen LogP contribution in [0.15, 0.2) is 72.8 Å². The highest BCUT2D eigenvalue weighted by molar-refractivity contribution is 5.93. The summed E-state index contributed by atoms with van der Waals surface area (Å²) in [7, 11) is 0. The number of anilines is 1. The Morgan fingerprint density at radius 2 is 1.59 bits per heavy atom. The molecular formula is C29H28F2N2O4. The molecule has 0 radical (unpaired) electrons. The summed E-state index contributed by atoms with van der Waals surface area (Å²) in [5, 5.41) is 10.3. The third kappa shape index (κ3) is 4.52. The number of carbonyl (C=O) groups is 2. The SMILES string of the molecule is C[C@@]1(C(=O)O)C[C@H](N2CCCOc3cc(F)c(F)cc32)CN1C(=O)C(c1ccccc1)c1ccccc1. The maximum Gasteiger partial charge on any atom is 0.329 e. The number of ether oxygens (including phenoxy) is 1. The van der Waals surface area contributed by atoms with E-state index in [-0.39, 0.29) is 24.6 Å². The molecule has 1 amide bonds. The number of fused-ring (bicyclic) bond motifs is 1. The molecule has 1 fully saturated rings. The average molecular weight is 507 g/mol. The van der Waals surface area contributed by atoms with Gasteiger partial charge in [-0.05, 0) is 24.5 Å². The van der Waals surface area contributed by atoms with E-state index in [0.717, 1.165) is 23.3 Å². The number of carbonyl (C=O) groups excluding carboxylic acids is 1. The lowest BCUT2D eigenvalue weighted by atomic mass is 9.88. The zero-order valence-corrected chi connectivity index (χ0v) is 20.4. The summed E-state index contributed by atoms with van der Waals surface area (Å²) in [4.78, 5) is 30.1. The van der Waals surface area contributed by atoms with Crippen LogP contribution in [0.2, 0.25) is 0 Å². The van der Waals surface area contributed by atoms with Crippen LogP contribution < -0.4 is 9.64 Å². The molecule has 0 aliphatic carbocycles. The molecular weight excluding hydrogens is 478 g/mol. The number of hydrogen-bond acceptors (Lipinski definition) is 4. The highest BCUT2D eigenvalue weighted by Crippen LogP contribution is 2.41. The molecule has 3 aromatic carbocycles. The van der Waals surface area contributed by atoms with E-state index >= 15 is 0 Å². The van der Waals surface area contributed by atoms with Gasteiger partial charge in [0.05, 0.1) is 18.2 Å². The molecule has 0 unspecified atom stereocenters. The van der Waals surface area contributed by atoms with E-state index < -0.39 is 35.1 Å². The first-order valence-electron chi connectivity index (χ1n) is 12.3. The molecule has 2 aliphatic rings. The van der Waals surface area contributed by atoms with Crippen molar-refractivity contribution in [3.63, 3.8) is 0 Å². The molecule has 2 atom stereocenters. The number of halogens is 2. The molecule has 1 N–H and O–H groups in total. The molecule has 0 aromatic heterocycles. The van der Waals surface area contributed by atoms with Gasteiger partial charge in [-0.15, -0.1) is 0 Å². The molecule has 0 spiro atoms. The predicted molar refractivity (Wildman–Crippen MR) is 135 cm³/mol. The van der Waals surface area contributed by atoms with Crippen molar-refractivity contribution in [1.29, 1.82) is 0 Å². The van der Waals surface area contributed by atoms with Gasteiger partial charge < -0.3 is 19.6 Å². The molecule has 3 aromatic rings. The van der Waals surface area contributed by atoms with Crippen LogP contribution in [0.5, 0.6) is 5.75 Å². The highest BCUT2D eigenvalue weighted by atomic mass is 19.2. The summed E-state index contributed by atoms with van der Waals surface area (Å²) in [5.74, 6) is -3.92. The predicted octanol–water partition coefficient (Wildman–Crippen LogP) is 4.83. The smallest absolute Gasteiger partial charge is 0.329 e. The zero-order chi connectivity index (χ0) is 26.2. The van der Waals surface area contributed by atoms with Gasteiger partial charge in [-0.25, -0.2) is 13.6 Å². The number of carboxylic acid groups (broad SMARTS) is 1. The normalized spacial score (nSPS) is 21.4. The molecule has 6 nitrogen and oxygen atoms in total. The second-order valence-electron chi connectivity index (χ2n) is 9.77. The number of hydrogen-bond donors (Lipinski definition) is 1. The number of likely N-dealkylation sites (tertiary alicyclic amines) is 1. The van der Waals surface area contributed by atoms with Crippen molar-refractivity contribution in [1.82, 2.24) is 4.90 Å². The summed E-state index contributed by atoms with van der Waals surface area (Å²) < 4.78 is 33.9. The van der Waals surface area contributed by atoms with Gasteiger partial charge in [0.1, 0.15) is 11.3 Å². The van der Waals surface area contributed by atoms with Crippen molar-refractivity contribution < 1.29 is 28.2 Å². The molecule has 2 aliphatic heterocycles. The first-order valence-corrected chi connectivity index (χ1v) is 12.3.